The molecule has 8 nitrogen and oxygen atoms in total. The van der Waals surface area contributed by atoms with Gasteiger partial charge in [0.25, 0.3) is 5.56 Å². The average molecular weight is 511 g/mol. The van der Waals surface area contributed by atoms with Crippen LogP contribution in [0, 0.1) is 5.82 Å². The van der Waals surface area contributed by atoms with Gasteiger partial charge < -0.3 is 9.26 Å². The quantitative estimate of drug-likeness (QED) is 0.346. The fraction of sp³-hybridized carbons (Fsp3) is 0.0417. The van der Waals surface area contributed by atoms with Crippen molar-refractivity contribution in [1.29, 1.82) is 0 Å². The molecule has 0 radical (unpaired) electrons. The number of pyridine rings is 2. The number of hydrogen-bond acceptors (Lipinski definition) is 6. The van der Waals surface area contributed by atoms with Crippen LogP contribution >= 0.6 is 11.6 Å². The third kappa shape index (κ3) is 4.41. The summed E-state index contributed by atoms with van der Waals surface area (Å²) in [6.07, 6.45) is 1.37. The summed E-state index contributed by atoms with van der Waals surface area (Å²) in [6.45, 7) is 0. The highest BCUT2D eigenvalue weighted by molar-refractivity contribution is 7.86. The van der Waals surface area contributed by atoms with E-state index in [1.807, 2.05) is 0 Å². The molecular weight excluding hydrogens is 495 g/mol. The van der Waals surface area contributed by atoms with Crippen molar-refractivity contribution in [3.63, 3.8) is 0 Å². The Balaban J connectivity index is 1.62. The van der Waals surface area contributed by atoms with E-state index in [4.69, 9.17) is 20.9 Å². The highest BCUT2D eigenvalue weighted by Crippen LogP contribution is 2.34. The van der Waals surface area contributed by atoms with Crippen LogP contribution in [0.2, 0.25) is 5.02 Å². The van der Waals surface area contributed by atoms with Gasteiger partial charge in [-0.1, -0.05) is 28.9 Å². The molecule has 3 aromatic heterocycles. The maximum Gasteiger partial charge on any atom is 0.255 e. The highest BCUT2D eigenvalue weighted by atomic mass is 35.5. The number of fused-ring (bicyclic) bond motifs is 1. The summed E-state index contributed by atoms with van der Waals surface area (Å²) in [7, 11) is -0.191. The molecule has 1 unspecified atom stereocenters. The van der Waals surface area contributed by atoms with Crippen LogP contribution in [-0.4, -0.2) is 26.0 Å². The Morgan fingerprint density at radius 1 is 1.11 bits per heavy atom. The number of anilines is 1. The molecule has 35 heavy (non-hydrogen) atoms. The van der Waals surface area contributed by atoms with Crippen molar-refractivity contribution in [2.75, 3.05) is 11.8 Å². The van der Waals surface area contributed by atoms with Crippen molar-refractivity contribution < 1.29 is 17.9 Å². The second-order valence-corrected chi connectivity index (χ2v) is 8.96. The number of benzene rings is 2. The van der Waals surface area contributed by atoms with Crippen LogP contribution < -0.4 is 15.0 Å². The van der Waals surface area contributed by atoms with Crippen molar-refractivity contribution in [1.82, 2.24) is 14.7 Å². The Morgan fingerprint density at radius 2 is 1.97 bits per heavy atom. The van der Waals surface area contributed by atoms with Crippen molar-refractivity contribution in [2.45, 2.75) is 4.90 Å². The van der Waals surface area contributed by atoms with Crippen LogP contribution in [0.4, 0.5) is 10.2 Å². The number of nitrogens with zero attached hydrogens (tertiary/aromatic N) is 3. The van der Waals surface area contributed by atoms with Crippen molar-refractivity contribution in [2.24, 2.45) is 0 Å². The third-order valence-corrected chi connectivity index (χ3v) is 6.53. The SMILES string of the molecule is COc1nc(-c2cccc(F)c2)c(Cl)cc1-n1c(=O)ccc2cc(S(=O)Nc3ccon3)ccc21. The largest absolute Gasteiger partial charge is 0.479 e. The summed E-state index contributed by atoms with van der Waals surface area (Å²) >= 11 is 6.52. The van der Waals surface area contributed by atoms with Gasteiger partial charge in [-0.3, -0.25) is 14.1 Å². The third-order valence-electron chi connectivity index (χ3n) is 5.17. The molecule has 11 heteroatoms. The molecule has 0 saturated heterocycles. The lowest BCUT2D eigenvalue weighted by Crippen LogP contribution is -2.19. The van der Waals surface area contributed by atoms with E-state index in [1.54, 1.807) is 48.5 Å². The fourth-order valence-electron chi connectivity index (χ4n) is 3.62. The van der Waals surface area contributed by atoms with E-state index in [2.05, 4.69) is 14.9 Å². The summed E-state index contributed by atoms with van der Waals surface area (Å²) in [6, 6.07) is 17.0. The van der Waals surface area contributed by atoms with Gasteiger partial charge in [-0.15, -0.1) is 0 Å². The average Bonchev–Trinajstić information content (AvgIpc) is 3.36. The number of halogens is 2. The molecule has 0 fully saturated rings. The smallest absolute Gasteiger partial charge is 0.255 e. The topological polar surface area (TPSA) is 99.2 Å². The minimum absolute atomic E-state index is 0.128. The van der Waals surface area contributed by atoms with E-state index in [9.17, 15) is 13.4 Å². The zero-order valence-electron chi connectivity index (χ0n) is 18.1. The van der Waals surface area contributed by atoms with Crippen molar-refractivity contribution >= 4 is 39.3 Å². The lowest BCUT2D eigenvalue weighted by Gasteiger charge is -2.16. The number of nitrogens with one attached hydrogen (secondary N) is 1. The normalized spacial score (nSPS) is 12.0. The summed E-state index contributed by atoms with van der Waals surface area (Å²) in [5.41, 5.74) is 1.27. The van der Waals surface area contributed by atoms with Crippen LogP contribution in [0.25, 0.3) is 27.8 Å². The minimum atomic E-state index is -1.61. The Labute approximate surface area is 205 Å². The molecule has 3 heterocycles. The minimum Gasteiger partial charge on any atom is -0.479 e. The molecule has 0 aliphatic carbocycles. The number of hydrogen-bond donors (Lipinski definition) is 1. The number of ether oxygens (including phenoxy) is 1. The van der Waals surface area contributed by atoms with Gasteiger partial charge in [0.1, 0.15) is 17.8 Å². The van der Waals surface area contributed by atoms with Crippen LogP contribution in [-0.2, 0) is 11.0 Å². The van der Waals surface area contributed by atoms with Crippen molar-refractivity contribution in [3.8, 4) is 22.8 Å². The zero-order valence-corrected chi connectivity index (χ0v) is 19.6. The van der Waals surface area contributed by atoms with E-state index in [1.165, 1.54) is 36.1 Å². The lowest BCUT2D eigenvalue weighted by molar-refractivity contribution is 0.396. The first-order valence-corrected chi connectivity index (χ1v) is 11.7. The van der Waals surface area contributed by atoms with E-state index in [-0.39, 0.29) is 16.5 Å². The summed E-state index contributed by atoms with van der Waals surface area (Å²) < 4.78 is 40.8. The molecule has 0 saturated carbocycles. The molecule has 0 aliphatic rings. The molecule has 0 spiro atoms. The highest BCUT2D eigenvalue weighted by Gasteiger charge is 2.18. The van der Waals surface area contributed by atoms with Gasteiger partial charge in [0, 0.05) is 23.1 Å². The van der Waals surface area contributed by atoms with Crippen LogP contribution in [0.1, 0.15) is 0 Å². The maximum atomic E-state index is 13.8. The van der Waals surface area contributed by atoms with Crippen LogP contribution in [0.5, 0.6) is 5.88 Å². The maximum absolute atomic E-state index is 13.8. The Hall–Kier alpha value is -4.02. The summed E-state index contributed by atoms with van der Waals surface area (Å²) in [4.78, 5) is 17.9. The molecule has 0 aliphatic heterocycles. The Morgan fingerprint density at radius 3 is 2.71 bits per heavy atom. The molecule has 1 atom stereocenters. The number of methoxy groups -OCH3 is 1. The summed E-state index contributed by atoms with van der Waals surface area (Å²) in [5.74, 6) is 0.0285. The molecule has 5 rings (SSSR count). The van der Waals surface area contributed by atoms with Gasteiger partial charge in [0.15, 0.2) is 16.8 Å². The molecule has 2 aromatic carbocycles. The van der Waals surface area contributed by atoms with Crippen molar-refractivity contribution in [3.05, 3.63) is 94.2 Å². The predicted octanol–water partition coefficient (Wildman–Crippen LogP) is 4.98. The fourth-order valence-corrected chi connectivity index (χ4v) is 4.71. The van der Waals surface area contributed by atoms with E-state index in [0.29, 0.717) is 38.6 Å². The van der Waals surface area contributed by atoms with Gasteiger partial charge >= 0.3 is 0 Å². The first-order valence-electron chi connectivity index (χ1n) is 10.2. The van der Waals surface area contributed by atoms with Gasteiger partial charge in [-0.2, -0.15) is 0 Å². The van der Waals surface area contributed by atoms with Crippen LogP contribution in [0.15, 0.2) is 87.2 Å². The first kappa shape index (κ1) is 22.8. The monoisotopic (exact) mass is 510 g/mol. The lowest BCUT2D eigenvalue weighted by atomic mass is 10.1. The molecule has 0 amide bonds. The van der Waals surface area contributed by atoms with E-state index < -0.39 is 16.8 Å². The van der Waals surface area contributed by atoms with Gasteiger partial charge in [0.2, 0.25) is 5.88 Å². The van der Waals surface area contributed by atoms with Crippen LogP contribution in [0.3, 0.4) is 0 Å². The first-order chi connectivity index (χ1) is 16.9. The standard InChI is InChI=1S/C24H16ClFN4O4S/c1-33-24-20(13-18(25)23(27-24)15-3-2-4-16(26)11-15)30-19-7-6-17(12-14(19)5-8-22(30)31)35(32)29-21-9-10-34-28-21/h2-13H,1H3,(H,28,29). The molecule has 1 N–H and O–H groups in total. The molecule has 0 bridgehead atoms. The molecule has 176 valence electrons. The zero-order chi connectivity index (χ0) is 24.5. The van der Waals surface area contributed by atoms with Gasteiger partial charge in [0.05, 0.1) is 28.2 Å². The summed E-state index contributed by atoms with van der Waals surface area (Å²) in [5, 5.41) is 4.55. The second-order valence-electron chi connectivity index (χ2n) is 7.34. The number of rotatable bonds is 6. The van der Waals surface area contributed by atoms with Gasteiger partial charge in [-0.25, -0.2) is 13.6 Å². The molecule has 5 aromatic rings. The van der Waals surface area contributed by atoms with E-state index >= 15 is 0 Å². The van der Waals surface area contributed by atoms with Gasteiger partial charge in [-0.05, 0) is 42.5 Å². The Kier molecular flexibility index (Phi) is 6.06. The number of aromatic nitrogens is 3. The Bertz CT molecular complexity index is 1640. The van der Waals surface area contributed by atoms with E-state index in [0.717, 1.165) is 0 Å². The molecular formula is C24H16ClFN4O4S. The predicted molar refractivity (Wildman–Crippen MR) is 131 cm³/mol. The second kappa shape index (κ2) is 9.32.